The molecule has 7 N–H and O–H groups in total. The van der Waals surface area contributed by atoms with E-state index in [1.807, 2.05) is 21.7 Å². The lowest BCUT2D eigenvalue weighted by Crippen LogP contribution is -2.49. The van der Waals surface area contributed by atoms with E-state index in [4.69, 9.17) is 36.2 Å². The van der Waals surface area contributed by atoms with Gasteiger partial charge in [0, 0.05) is 127 Å². The summed E-state index contributed by atoms with van der Waals surface area (Å²) in [6, 6.07) is 5.62. The Morgan fingerprint density at radius 1 is 0.735 bits per heavy atom. The van der Waals surface area contributed by atoms with Crippen molar-refractivity contribution in [2.75, 3.05) is 113 Å². The van der Waals surface area contributed by atoms with Crippen molar-refractivity contribution in [2.24, 2.45) is 5.73 Å². The first-order valence-corrected chi connectivity index (χ1v) is 23.1. The van der Waals surface area contributed by atoms with Crippen LogP contribution in [0.2, 0.25) is 0 Å². The third kappa shape index (κ3) is 12.3. The third-order valence-corrected chi connectivity index (χ3v) is 12.0. The molecule has 0 spiro atoms. The largest absolute Gasteiger partial charge is 0.424 e. The highest BCUT2D eigenvalue weighted by Crippen LogP contribution is 2.32. The number of aryl methyl sites for hydroxylation is 1. The van der Waals surface area contributed by atoms with E-state index in [-0.39, 0.29) is 30.0 Å². The Kier molecular flexibility index (Phi) is 16.2. The number of unbranched alkanes of at least 4 members (excludes halogenated alkanes) is 2. The Bertz CT molecular complexity index is 2610. The number of Topliss-reactive ketones (excluding diaryl/α,β-unsaturated/α-hetero) is 1. The van der Waals surface area contributed by atoms with Crippen molar-refractivity contribution in [3.63, 3.8) is 0 Å². The molecule has 2 amide bonds. The van der Waals surface area contributed by atoms with Gasteiger partial charge in [0.1, 0.15) is 23.4 Å². The summed E-state index contributed by atoms with van der Waals surface area (Å²) in [7, 11) is 0. The minimum absolute atomic E-state index is 0.0118. The fourth-order valence-corrected chi connectivity index (χ4v) is 8.16. The number of nitrogens with one attached hydrogen (secondary N) is 1. The van der Waals surface area contributed by atoms with Crippen LogP contribution < -0.4 is 32.3 Å². The van der Waals surface area contributed by atoms with Gasteiger partial charge in [0.2, 0.25) is 23.7 Å². The zero-order valence-electron chi connectivity index (χ0n) is 38.2. The molecule has 0 bridgehead atoms. The molecule has 2 aliphatic rings. The van der Waals surface area contributed by atoms with Crippen molar-refractivity contribution >= 4 is 63.5 Å². The number of piperazine rings is 2. The summed E-state index contributed by atoms with van der Waals surface area (Å²) in [6.07, 6.45) is 11.4. The topological polar surface area (TPSA) is 294 Å². The summed E-state index contributed by atoms with van der Waals surface area (Å²) in [5, 5.41) is 8.36. The van der Waals surface area contributed by atoms with Gasteiger partial charge in [0.15, 0.2) is 17.0 Å². The predicted octanol–water partition coefficient (Wildman–Crippen LogP) is 1.68. The number of nitrogen functional groups attached to an aromatic ring is 2. The van der Waals surface area contributed by atoms with Crippen molar-refractivity contribution in [1.29, 1.82) is 0 Å². The van der Waals surface area contributed by atoms with Crippen molar-refractivity contribution in [3.05, 3.63) is 60.4 Å². The summed E-state index contributed by atoms with van der Waals surface area (Å²) in [5.41, 5.74) is 22.0. The molecular weight excluding hydrogens is 875 g/mol. The molecule has 5 aromatic heterocycles. The Hall–Kier alpha value is -6.95. The number of aromatic nitrogens is 9. The van der Waals surface area contributed by atoms with E-state index < -0.39 is 0 Å². The van der Waals surface area contributed by atoms with E-state index in [9.17, 15) is 14.4 Å². The van der Waals surface area contributed by atoms with Crippen molar-refractivity contribution in [3.8, 4) is 11.3 Å². The van der Waals surface area contributed by atoms with Crippen molar-refractivity contribution in [1.82, 2.24) is 59.8 Å². The maximum atomic E-state index is 13.0. The van der Waals surface area contributed by atoms with Gasteiger partial charge in [0.05, 0.1) is 43.8 Å². The molecule has 6 aromatic rings. The van der Waals surface area contributed by atoms with Gasteiger partial charge in [-0.15, -0.1) is 0 Å². The van der Waals surface area contributed by atoms with Crippen LogP contribution in [-0.2, 0) is 32.2 Å². The van der Waals surface area contributed by atoms with Crippen molar-refractivity contribution < 1.29 is 28.3 Å². The minimum Gasteiger partial charge on any atom is -0.424 e. The van der Waals surface area contributed by atoms with Crippen LogP contribution in [0.3, 0.4) is 0 Å². The number of rotatable bonds is 23. The lowest BCUT2D eigenvalue weighted by atomic mass is 10.1. The Morgan fingerprint density at radius 3 is 2.19 bits per heavy atom. The highest BCUT2D eigenvalue weighted by atomic mass is 16.5. The number of amides is 2. The summed E-state index contributed by atoms with van der Waals surface area (Å²) in [5.74, 6) is 1.53. The van der Waals surface area contributed by atoms with Crippen LogP contribution in [0.5, 0.6) is 0 Å². The number of fused-ring (bicyclic) bond motifs is 2. The highest BCUT2D eigenvalue weighted by molar-refractivity contribution is 5.99. The van der Waals surface area contributed by atoms with Crippen LogP contribution in [-0.4, -0.2) is 164 Å². The number of carbonyl (C=O) groups is 3. The van der Waals surface area contributed by atoms with Gasteiger partial charge in [-0.3, -0.25) is 19.3 Å². The van der Waals surface area contributed by atoms with E-state index in [0.29, 0.717) is 143 Å². The molecule has 0 radical (unpaired) electrons. The molecule has 0 aliphatic carbocycles. The lowest BCUT2D eigenvalue weighted by Gasteiger charge is -2.35. The van der Waals surface area contributed by atoms with Gasteiger partial charge in [-0.25, -0.2) is 34.6 Å². The maximum Gasteiger partial charge on any atom is 0.292 e. The molecule has 68 heavy (non-hydrogen) atoms. The van der Waals surface area contributed by atoms with E-state index >= 15 is 0 Å². The first-order chi connectivity index (χ1) is 33.2. The van der Waals surface area contributed by atoms with Crippen molar-refractivity contribution in [2.45, 2.75) is 51.6 Å². The number of oxazole rings is 1. The zero-order chi connectivity index (χ0) is 47.2. The Morgan fingerprint density at radius 2 is 1.44 bits per heavy atom. The fourth-order valence-electron chi connectivity index (χ4n) is 8.16. The second-order valence-corrected chi connectivity index (χ2v) is 16.6. The quantitative estimate of drug-likeness (QED) is 0.0525. The molecular formula is C45H59N17O6. The van der Waals surface area contributed by atoms with Gasteiger partial charge in [-0.05, 0) is 31.0 Å². The van der Waals surface area contributed by atoms with Gasteiger partial charge in [0.25, 0.3) is 6.01 Å². The number of anilines is 4. The molecule has 2 fully saturated rings. The second kappa shape index (κ2) is 23.2. The summed E-state index contributed by atoms with van der Waals surface area (Å²) >= 11 is 0. The Balaban J connectivity index is 0.674. The smallest absolute Gasteiger partial charge is 0.292 e. The molecule has 0 saturated carbocycles. The maximum absolute atomic E-state index is 13.0. The number of ether oxygens (including phenoxy) is 2. The fraction of sp³-hybridized carbons (Fsp3) is 0.489. The van der Waals surface area contributed by atoms with Crippen LogP contribution in [0, 0.1) is 0 Å². The SMILES string of the molecule is NCCOCCC(=O)NCc1cnc(N2CCN(C(=O)CCOCCN3CCN(c4ncc(C(=O)CCCCCn5nc(-c6ccc7oc(N)nc7c6)c6c(N)ncnc65)cn4)CC3)CC2)nc1. The molecule has 2 aliphatic heterocycles. The second-order valence-electron chi connectivity index (χ2n) is 16.6. The molecule has 23 heteroatoms. The summed E-state index contributed by atoms with van der Waals surface area (Å²) < 4.78 is 18.4. The monoisotopic (exact) mass is 933 g/mol. The van der Waals surface area contributed by atoms with Gasteiger partial charge in [-0.1, -0.05) is 6.42 Å². The molecule has 0 atom stereocenters. The molecule has 360 valence electrons. The van der Waals surface area contributed by atoms with Crippen LogP contribution in [0.25, 0.3) is 33.4 Å². The number of hydrogen-bond donors (Lipinski definition) is 4. The van der Waals surface area contributed by atoms with Crippen LogP contribution >= 0.6 is 0 Å². The molecule has 2 saturated heterocycles. The van der Waals surface area contributed by atoms with Crippen LogP contribution in [0.1, 0.15) is 54.4 Å². The lowest BCUT2D eigenvalue weighted by molar-refractivity contribution is -0.132. The number of nitrogens with two attached hydrogens (primary N) is 3. The number of carbonyl (C=O) groups excluding carboxylic acids is 3. The number of hydrogen-bond acceptors (Lipinski definition) is 20. The summed E-state index contributed by atoms with van der Waals surface area (Å²) in [6.45, 7) is 9.43. The normalized spacial score (nSPS) is 14.6. The van der Waals surface area contributed by atoms with E-state index in [1.54, 1.807) is 30.9 Å². The predicted molar refractivity (Wildman–Crippen MR) is 253 cm³/mol. The van der Waals surface area contributed by atoms with Gasteiger partial charge >= 0.3 is 0 Å². The zero-order valence-corrected chi connectivity index (χ0v) is 38.2. The molecule has 0 unspecified atom stereocenters. The summed E-state index contributed by atoms with van der Waals surface area (Å²) in [4.78, 5) is 77.3. The van der Waals surface area contributed by atoms with Gasteiger partial charge in [-0.2, -0.15) is 10.1 Å². The number of nitrogens with zero attached hydrogens (tertiary/aromatic N) is 13. The number of benzene rings is 1. The third-order valence-electron chi connectivity index (χ3n) is 12.0. The molecule has 7 heterocycles. The average molecular weight is 934 g/mol. The first-order valence-electron chi connectivity index (χ1n) is 23.1. The molecule has 23 nitrogen and oxygen atoms in total. The number of ketones is 1. The van der Waals surface area contributed by atoms with E-state index in [1.165, 1.54) is 6.33 Å². The highest BCUT2D eigenvalue weighted by Gasteiger charge is 2.24. The Labute approximate surface area is 392 Å². The minimum atomic E-state index is -0.108. The van der Waals surface area contributed by atoms with Crippen LogP contribution in [0.15, 0.2) is 53.7 Å². The average Bonchev–Trinajstić information content (AvgIpc) is 3.94. The van der Waals surface area contributed by atoms with E-state index in [0.717, 1.165) is 56.7 Å². The van der Waals surface area contributed by atoms with E-state index in [2.05, 4.69) is 54.9 Å². The van der Waals surface area contributed by atoms with Gasteiger partial charge < -0.3 is 51.1 Å². The molecule has 8 rings (SSSR count). The molecule has 1 aromatic carbocycles. The first kappa shape index (κ1) is 47.5. The van der Waals surface area contributed by atoms with Crippen LogP contribution in [0.4, 0.5) is 23.7 Å². The standard InChI is InChI=1S/C45H59N17O6/c46-9-22-66-20-7-37(64)49-25-31-26-50-44(51-27-31)61-17-15-59(16-18-61)38(65)8-21-67-23-19-58-11-13-60(14-12-58)45-52-28-33(29-53-45)35(63)4-2-1-3-10-62-42-39(41(47)54-30-55-42)40(57-62)32-5-6-36-34(24-32)56-43(48)68-36/h5-6,24,26-30H,1-4,7-23,25,46H2,(H2,48,56)(H,49,64)(H2,47,54,55).